The van der Waals surface area contributed by atoms with Crippen molar-refractivity contribution >= 4 is 11.7 Å². The van der Waals surface area contributed by atoms with Crippen LogP contribution in [-0.4, -0.2) is 61.0 Å². The first-order valence-corrected chi connectivity index (χ1v) is 8.74. The van der Waals surface area contributed by atoms with Gasteiger partial charge in [-0.25, -0.2) is 4.98 Å². The zero-order chi connectivity index (χ0) is 16.3. The van der Waals surface area contributed by atoms with Crippen molar-refractivity contribution in [3.8, 4) is 0 Å². The maximum Gasteiger partial charge on any atom is 0.257 e. The Kier molecular flexibility index (Phi) is 4.85. The van der Waals surface area contributed by atoms with Gasteiger partial charge >= 0.3 is 0 Å². The minimum Gasteiger partial charge on any atom is -0.372 e. The molecule has 0 radical (unpaired) electrons. The number of carbonyl (C=O) groups excluding carboxylic acids is 1. The molecular formula is C18H28N4O. The van der Waals surface area contributed by atoms with Crippen LogP contribution >= 0.6 is 0 Å². The predicted octanol–water partition coefficient (Wildman–Crippen LogP) is 2.46. The number of anilines is 1. The van der Waals surface area contributed by atoms with Crippen LogP contribution in [0.1, 0.15) is 42.5 Å². The molecule has 126 valence electrons. The third-order valence-corrected chi connectivity index (χ3v) is 5.66. The molecule has 1 amide bonds. The second-order valence-corrected chi connectivity index (χ2v) is 7.10. The van der Waals surface area contributed by atoms with Crippen LogP contribution in [-0.2, 0) is 0 Å². The van der Waals surface area contributed by atoms with Crippen LogP contribution in [0.25, 0.3) is 0 Å². The highest BCUT2D eigenvalue weighted by Crippen LogP contribution is 2.41. The molecule has 3 rings (SSSR count). The first-order valence-electron chi connectivity index (χ1n) is 8.74. The maximum absolute atomic E-state index is 12.9. The number of carbonyl (C=O) groups is 1. The highest BCUT2D eigenvalue weighted by atomic mass is 16.2. The van der Waals surface area contributed by atoms with Crippen molar-refractivity contribution in [1.82, 2.24) is 14.8 Å². The Hall–Kier alpha value is -1.62. The summed E-state index contributed by atoms with van der Waals surface area (Å²) in [5, 5.41) is 3.03. The van der Waals surface area contributed by atoms with Gasteiger partial charge in [0.05, 0.1) is 5.56 Å². The van der Waals surface area contributed by atoms with Crippen LogP contribution in [0.3, 0.4) is 0 Å². The van der Waals surface area contributed by atoms with Crippen LogP contribution in [0, 0.1) is 5.41 Å². The van der Waals surface area contributed by atoms with Crippen molar-refractivity contribution in [2.75, 3.05) is 45.6 Å². The summed E-state index contributed by atoms with van der Waals surface area (Å²) in [5.41, 5.74) is 1.15. The Bertz CT molecular complexity index is 552. The molecule has 1 spiro atoms. The van der Waals surface area contributed by atoms with E-state index in [2.05, 4.69) is 22.2 Å². The van der Waals surface area contributed by atoms with Gasteiger partial charge in [-0.2, -0.15) is 0 Å². The molecule has 0 atom stereocenters. The zero-order valence-electron chi connectivity index (χ0n) is 14.3. The number of pyridine rings is 1. The van der Waals surface area contributed by atoms with Gasteiger partial charge in [0.25, 0.3) is 5.91 Å². The van der Waals surface area contributed by atoms with Crippen molar-refractivity contribution in [3.63, 3.8) is 0 Å². The summed E-state index contributed by atoms with van der Waals surface area (Å²) in [6.45, 7) is 4.13. The summed E-state index contributed by atoms with van der Waals surface area (Å²) in [6.07, 6.45) is 7.79. The molecular weight excluding hydrogens is 288 g/mol. The lowest BCUT2D eigenvalue weighted by Crippen LogP contribution is -2.39. The van der Waals surface area contributed by atoms with Crippen LogP contribution in [0.5, 0.6) is 0 Å². The van der Waals surface area contributed by atoms with Gasteiger partial charge in [-0.1, -0.05) is 0 Å². The fraction of sp³-hybridized carbons (Fsp3) is 0.667. The number of piperidine rings is 1. The molecule has 0 aromatic carbocycles. The molecule has 3 heterocycles. The van der Waals surface area contributed by atoms with Crippen LogP contribution in [0.4, 0.5) is 5.82 Å². The number of hydrogen-bond donors (Lipinski definition) is 1. The summed E-state index contributed by atoms with van der Waals surface area (Å²) in [6, 6.07) is 3.71. The number of nitrogens with one attached hydrogen (secondary N) is 1. The Morgan fingerprint density at radius 3 is 2.65 bits per heavy atom. The molecule has 0 bridgehead atoms. The largest absolute Gasteiger partial charge is 0.372 e. The summed E-state index contributed by atoms with van der Waals surface area (Å²) < 4.78 is 0. The zero-order valence-corrected chi connectivity index (χ0v) is 14.3. The lowest BCUT2D eigenvalue weighted by atomic mass is 9.73. The number of likely N-dealkylation sites (tertiary alicyclic amines) is 2. The minimum absolute atomic E-state index is 0.118. The Labute approximate surface area is 139 Å². The van der Waals surface area contributed by atoms with Gasteiger partial charge in [-0.15, -0.1) is 0 Å². The molecule has 0 unspecified atom stereocenters. The van der Waals surface area contributed by atoms with E-state index in [-0.39, 0.29) is 5.91 Å². The fourth-order valence-corrected chi connectivity index (χ4v) is 4.00. The van der Waals surface area contributed by atoms with E-state index in [0.29, 0.717) is 16.8 Å². The molecule has 23 heavy (non-hydrogen) atoms. The lowest BCUT2D eigenvalue weighted by Gasteiger charge is -2.40. The van der Waals surface area contributed by atoms with Gasteiger partial charge in [0.2, 0.25) is 0 Å². The van der Waals surface area contributed by atoms with Crippen LogP contribution in [0.15, 0.2) is 18.3 Å². The number of hydrogen-bond acceptors (Lipinski definition) is 4. The van der Waals surface area contributed by atoms with E-state index in [1.54, 1.807) is 6.20 Å². The first kappa shape index (κ1) is 16.2. The molecule has 1 N–H and O–H groups in total. The maximum atomic E-state index is 12.9. The molecule has 2 saturated heterocycles. The summed E-state index contributed by atoms with van der Waals surface area (Å²) in [5.74, 6) is 0.795. The number of rotatable bonds is 2. The van der Waals surface area contributed by atoms with Gasteiger partial charge in [0, 0.05) is 26.3 Å². The van der Waals surface area contributed by atoms with E-state index in [4.69, 9.17) is 0 Å². The van der Waals surface area contributed by atoms with Crippen molar-refractivity contribution in [2.24, 2.45) is 5.41 Å². The molecule has 5 heteroatoms. The van der Waals surface area contributed by atoms with E-state index in [1.165, 1.54) is 32.4 Å². The summed E-state index contributed by atoms with van der Waals surface area (Å²) in [7, 11) is 4.02. The van der Waals surface area contributed by atoms with E-state index < -0.39 is 0 Å². The normalized spacial score (nSPS) is 21.9. The third kappa shape index (κ3) is 3.50. The first-order chi connectivity index (χ1) is 11.1. The second-order valence-electron chi connectivity index (χ2n) is 7.10. The van der Waals surface area contributed by atoms with Gasteiger partial charge < -0.3 is 15.1 Å². The van der Waals surface area contributed by atoms with E-state index in [0.717, 1.165) is 25.9 Å². The summed E-state index contributed by atoms with van der Waals surface area (Å²) in [4.78, 5) is 21.6. The minimum atomic E-state index is 0.118. The monoisotopic (exact) mass is 316 g/mol. The topological polar surface area (TPSA) is 48.5 Å². The second kappa shape index (κ2) is 6.87. The predicted molar refractivity (Wildman–Crippen MR) is 92.7 cm³/mol. The van der Waals surface area contributed by atoms with Crippen LogP contribution < -0.4 is 5.32 Å². The number of amides is 1. The number of aromatic nitrogens is 1. The molecule has 2 fully saturated rings. The molecule has 1 aromatic heterocycles. The van der Waals surface area contributed by atoms with E-state index in [9.17, 15) is 4.79 Å². The average Bonchev–Trinajstić information content (AvgIpc) is 2.80. The van der Waals surface area contributed by atoms with Crippen LogP contribution in [0.2, 0.25) is 0 Å². The smallest absolute Gasteiger partial charge is 0.257 e. The highest BCUT2D eigenvalue weighted by Gasteiger charge is 2.36. The van der Waals surface area contributed by atoms with E-state index >= 15 is 0 Å². The Balaban J connectivity index is 1.69. The van der Waals surface area contributed by atoms with Crippen molar-refractivity contribution in [2.45, 2.75) is 32.1 Å². The molecule has 2 aliphatic rings. The lowest BCUT2D eigenvalue weighted by molar-refractivity contribution is 0.0734. The quantitative estimate of drug-likeness (QED) is 0.910. The summed E-state index contributed by atoms with van der Waals surface area (Å²) >= 11 is 0. The Morgan fingerprint density at radius 1 is 1.17 bits per heavy atom. The molecule has 0 saturated carbocycles. The van der Waals surface area contributed by atoms with Gasteiger partial charge in [-0.05, 0) is 69.8 Å². The molecule has 1 aromatic rings. The van der Waals surface area contributed by atoms with Crippen molar-refractivity contribution < 1.29 is 4.79 Å². The SMILES string of the molecule is CNc1ncccc1C(=O)N1CCCC2(CCN(C)CC2)CC1. The average molecular weight is 316 g/mol. The molecule has 5 nitrogen and oxygen atoms in total. The third-order valence-electron chi connectivity index (χ3n) is 5.66. The molecule has 0 aliphatic carbocycles. The van der Waals surface area contributed by atoms with E-state index in [1.807, 2.05) is 24.1 Å². The van der Waals surface area contributed by atoms with Gasteiger partial charge in [0.15, 0.2) is 0 Å². The van der Waals surface area contributed by atoms with Crippen molar-refractivity contribution in [1.29, 1.82) is 0 Å². The standard InChI is InChI=1S/C18H28N4O/c1-19-16-15(5-3-10-20-16)17(23)22-11-4-6-18(9-14-22)7-12-21(2)13-8-18/h3,5,10H,4,6-9,11-14H2,1-2H3,(H,19,20). The Morgan fingerprint density at radius 2 is 1.91 bits per heavy atom. The van der Waals surface area contributed by atoms with Gasteiger partial charge in [-0.3, -0.25) is 4.79 Å². The molecule has 2 aliphatic heterocycles. The highest BCUT2D eigenvalue weighted by molar-refractivity contribution is 5.98. The fourth-order valence-electron chi connectivity index (χ4n) is 4.00. The number of nitrogens with zero attached hydrogens (tertiary/aromatic N) is 3. The van der Waals surface area contributed by atoms with Crippen molar-refractivity contribution in [3.05, 3.63) is 23.9 Å². The van der Waals surface area contributed by atoms with Gasteiger partial charge in [0.1, 0.15) is 5.82 Å².